The Balaban J connectivity index is 2.12. The molecule has 0 N–H and O–H groups in total. The van der Waals surface area contributed by atoms with E-state index in [9.17, 15) is 14.4 Å². The van der Waals surface area contributed by atoms with Gasteiger partial charge in [-0.05, 0) is 44.9 Å². The van der Waals surface area contributed by atoms with E-state index in [1.807, 2.05) is 0 Å². The molecule has 1 saturated heterocycles. The lowest BCUT2D eigenvalue weighted by Gasteiger charge is -2.36. The molecule has 0 bridgehead atoms. The van der Waals surface area contributed by atoms with Crippen LogP contribution in [0, 0.1) is 0 Å². The number of rotatable bonds is 4. The van der Waals surface area contributed by atoms with Gasteiger partial charge in [-0.15, -0.1) is 0 Å². The predicted octanol–water partition coefficient (Wildman–Crippen LogP) is 2.22. The first kappa shape index (κ1) is 16.0. The van der Waals surface area contributed by atoms with Crippen LogP contribution in [0.4, 0.5) is 0 Å². The van der Waals surface area contributed by atoms with Crippen molar-refractivity contribution in [2.45, 2.75) is 70.3 Å². The fourth-order valence-electron chi connectivity index (χ4n) is 3.22. The summed E-state index contributed by atoms with van der Waals surface area (Å²) in [6.45, 7) is 2.99. The molecule has 2 rings (SSSR count). The molecule has 0 aromatic heterocycles. The van der Waals surface area contributed by atoms with Crippen LogP contribution in [0.5, 0.6) is 0 Å². The second kappa shape index (κ2) is 7.05. The van der Waals surface area contributed by atoms with Gasteiger partial charge in [0.2, 0.25) is 0 Å². The molecule has 0 atom stereocenters. The molecule has 0 aromatic carbocycles. The van der Waals surface area contributed by atoms with Crippen molar-refractivity contribution in [3.8, 4) is 0 Å². The topological polar surface area (TPSA) is 63.7 Å². The first-order valence-corrected chi connectivity index (χ1v) is 8.14. The zero-order chi connectivity index (χ0) is 15.3. The van der Waals surface area contributed by atoms with Gasteiger partial charge in [-0.25, -0.2) is 0 Å². The van der Waals surface area contributed by atoms with E-state index in [1.54, 1.807) is 11.8 Å². The number of piperidine rings is 1. The quantitative estimate of drug-likeness (QED) is 0.589. The zero-order valence-corrected chi connectivity index (χ0v) is 12.9. The first-order chi connectivity index (χ1) is 10.1. The molecule has 118 valence electrons. The van der Waals surface area contributed by atoms with Crippen molar-refractivity contribution >= 4 is 17.7 Å². The summed E-state index contributed by atoms with van der Waals surface area (Å²) in [5, 5.41) is 0. The van der Waals surface area contributed by atoms with E-state index < -0.39 is 23.3 Å². The van der Waals surface area contributed by atoms with E-state index in [-0.39, 0.29) is 6.42 Å². The van der Waals surface area contributed by atoms with Gasteiger partial charge in [0.05, 0.1) is 0 Å². The highest BCUT2D eigenvalue weighted by Crippen LogP contribution is 2.33. The third-order valence-electron chi connectivity index (χ3n) is 4.51. The number of Topliss-reactive ketones (excluding diaryl/α,β-unsaturated/α-hetero) is 1. The molecule has 0 spiro atoms. The molecule has 1 amide bonds. The molecule has 5 nitrogen and oxygen atoms in total. The Morgan fingerprint density at radius 1 is 0.952 bits per heavy atom. The third kappa shape index (κ3) is 3.63. The van der Waals surface area contributed by atoms with Gasteiger partial charge < -0.3 is 9.64 Å². The minimum atomic E-state index is -1.19. The number of amides is 1. The van der Waals surface area contributed by atoms with Crippen LogP contribution in [0.15, 0.2) is 0 Å². The zero-order valence-electron chi connectivity index (χ0n) is 12.9. The van der Waals surface area contributed by atoms with Crippen molar-refractivity contribution in [1.29, 1.82) is 0 Å². The minimum Gasteiger partial charge on any atom is -0.450 e. The molecule has 1 aliphatic carbocycles. The lowest BCUT2D eigenvalue weighted by atomic mass is 9.80. The fraction of sp³-hybridized carbons (Fsp3) is 0.812. The summed E-state index contributed by atoms with van der Waals surface area (Å²) in [6, 6.07) is 0. The number of likely N-dealkylation sites (tertiary alicyclic amines) is 1. The van der Waals surface area contributed by atoms with Gasteiger partial charge >= 0.3 is 5.97 Å². The van der Waals surface area contributed by atoms with E-state index in [0.717, 1.165) is 38.5 Å². The first-order valence-electron chi connectivity index (χ1n) is 8.14. The van der Waals surface area contributed by atoms with E-state index >= 15 is 0 Å². The Hall–Kier alpha value is -1.39. The largest absolute Gasteiger partial charge is 0.450 e. The molecular formula is C16H25NO4. The smallest absolute Gasteiger partial charge is 0.306 e. The van der Waals surface area contributed by atoms with Crippen molar-refractivity contribution in [3.05, 3.63) is 0 Å². The van der Waals surface area contributed by atoms with Crippen molar-refractivity contribution in [3.63, 3.8) is 0 Å². The number of ether oxygens (including phenoxy) is 1. The molecule has 2 aliphatic rings. The molecule has 0 aromatic rings. The normalized spacial score (nSPS) is 21.7. The van der Waals surface area contributed by atoms with E-state index in [2.05, 4.69) is 0 Å². The molecule has 21 heavy (non-hydrogen) atoms. The van der Waals surface area contributed by atoms with Gasteiger partial charge in [0.1, 0.15) is 0 Å². The Labute approximate surface area is 126 Å². The predicted molar refractivity (Wildman–Crippen MR) is 77.6 cm³/mol. The highest BCUT2D eigenvalue weighted by atomic mass is 16.6. The standard InChI is InChI=1S/C16H25NO4/c1-2-13(18)21-16(9-5-3-6-10-16)14(19)15(20)17-11-7-4-8-12-17/h2-12H2,1H3. The van der Waals surface area contributed by atoms with Crippen LogP contribution in [-0.2, 0) is 19.1 Å². The summed E-state index contributed by atoms with van der Waals surface area (Å²) < 4.78 is 5.47. The molecule has 0 radical (unpaired) electrons. The summed E-state index contributed by atoms with van der Waals surface area (Å²) in [7, 11) is 0. The maximum absolute atomic E-state index is 12.7. The maximum atomic E-state index is 12.7. The second-order valence-corrected chi connectivity index (χ2v) is 6.06. The van der Waals surface area contributed by atoms with Crippen LogP contribution >= 0.6 is 0 Å². The summed E-state index contributed by atoms with van der Waals surface area (Å²) in [4.78, 5) is 38.5. The van der Waals surface area contributed by atoms with E-state index in [4.69, 9.17) is 4.74 Å². The monoisotopic (exact) mass is 295 g/mol. The number of hydrogen-bond acceptors (Lipinski definition) is 4. The van der Waals surface area contributed by atoms with Crippen LogP contribution in [0.2, 0.25) is 0 Å². The van der Waals surface area contributed by atoms with Crippen molar-refractivity contribution < 1.29 is 19.1 Å². The molecule has 0 unspecified atom stereocenters. The lowest BCUT2D eigenvalue weighted by Crippen LogP contribution is -2.53. The number of esters is 1. The second-order valence-electron chi connectivity index (χ2n) is 6.06. The molecule has 5 heteroatoms. The van der Waals surface area contributed by atoms with E-state index in [1.165, 1.54) is 0 Å². The summed E-state index contributed by atoms with van der Waals surface area (Å²) >= 11 is 0. The van der Waals surface area contributed by atoms with Crippen molar-refractivity contribution in [2.75, 3.05) is 13.1 Å². The minimum absolute atomic E-state index is 0.229. The Morgan fingerprint density at radius 2 is 1.52 bits per heavy atom. The SMILES string of the molecule is CCC(=O)OC1(C(=O)C(=O)N2CCCCC2)CCCCC1. The van der Waals surface area contributed by atoms with Gasteiger partial charge in [-0.3, -0.25) is 14.4 Å². The number of hydrogen-bond donors (Lipinski definition) is 0. The van der Waals surface area contributed by atoms with Crippen LogP contribution in [0.1, 0.15) is 64.7 Å². The average molecular weight is 295 g/mol. The summed E-state index contributed by atoms with van der Waals surface area (Å²) in [5.41, 5.74) is -1.19. The number of carbonyl (C=O) groups is 3. The highest BCUT2D eigenvalue weighted by Gasteiger charge is 2.47. The summed E-state index contributed by atoms with van der Waals surface area (Å²) in [6.07, 6.45) is 6.87. The number of ketones is 1. The van der Waals surface area contributed by atoms with Crippen LogP contribution in [0.3, 0.4) is 0 Å². The highest BCUT2D eigenvalue weighted by molar-refractivity contribution is 6.39. The van der Waals surface area contributed by atoms with Gasteiger partial charge in [0.15, 0.2) is 5.60 Å². The Bertz CT molecular complexity index is 407. The summed E-state index contributed by atoms with van der Waals surface area (Å²) in [5.74, 6) is -1.36. The van der Waals surface area contributed by atoms with Crippen LogP contribution in [0.25, 0.3) is 0 Å². The van der Waals surface area contributed by atoms with Gasteiger partial charge in [0.25, 0.3) is 11.7 Å². The molecule has 2 fully saturated rings. The number of carbonyl (C=O) groups excluding carboxylic acids is 3. The Morgan fingerprint density at radius 3 is 2.10 bits per heavy atom. The van der Waals surface area contributed by atoms with Crippen molar-refractivity contribution in [2.24, 2.45) is 0 Å². The van der Waals surface area contributed by atoms with Crippen LogP contribution in [-0.4, -0.2) is 41.3 Å². The third-order valence-corrected chi connectivity index (χ3v) is 4.51. The molecule has 1 aliphatic heterocycles. The molecular weight excluding hydrogens is 270 g/mol. The number of nitrogens with zero attached hydrogens (tertiary/aromatic N) is 1. The van der Waals surface area contributed by atoms with Gasteiger partial charge in [-0.2, -0.15) is 0 Å². The molecule has 1 saturated carbocycles. The van der Waals surface area contributed by atoms with Gasteiger partial charge in [-0.1, -0.05) is 13.3 Å². The lowest BCUT2D eigenvalue weighted by molar-refractivity contribution is -0.175. The molecule has 1 heterocycles. The van der Waals surface area contributed by atoms with Crippen molar-refractivity contribution in [1.82, 2.24) is 4.90 Å². The maximum Gasteiger partial charge on any atom is 0.306 e. The van der Waals surface area contributed by atoms with Gasteiger partial charge in [0, 0.05) is 19.5 Å². The Kier molecular flexibility index (Phi) is 5.37. The van der Waals surface area contributed by atoms with E-state index in [0.29, 0.717) is 25.9 Å². The van der Waals surface area contributed by atoms with Crippen LogP contribution < -0.4 is 0 Å². The average Bonchev–Trinajstić information content (AvgIpc) is 2.55. The fourth-order valence-corrected chi connectivity index (χ4v) is 3.22.